The molecule has 0 aliphatic carbocycles. The summed E-state index contributed by atoms with van der Waals surface area (Å²) in [5, 5.41) is 4.61. The molecule has 0 atom stereocenters. The van der Waals surface area contributed by atoms with Crippen LogP contribution < -0.4 is 0 Å². The quantitative estimate of drug-likeness (QED) is 0.716. The molecule has 3 aromatic rings. The van der Waals surface area contributed by atoms with E-state index in [2.05, 4.69) is 29.4 Å². The maximum Gasteiger partial charge on any atom is 0.272 e. The van der Waals surface area contributed by atoms with Crippen molar-refractivity contribution >= 4 is 5.91 Å². The predicted molar refractivity (Wildman–Crippen MR) is 102 cm³/mol. The highest BCUT2D eigenvalue weighted by atomic mass is 16.2. The van der Waals surface area contributed by atoms with Crippen molar-refractivity contribution in [3.8, 4) is 22.3 Å². The van der Waals surface area contributed by atoms with Gasteiger partial charge in [-0.05, 0) is 30.5 Å². The van der Waals surface area contributed by atoms with Gasteiger partial charge in [-0.1, -0.05) is 54.6 Å². The number of carbonyl (C=O) groups excluding carboxylic acids is 1. The molecule has 1 amide bonds. The normalized spacial score (nSPS) is 10.7. The van der Waals surface area contributed by atoms with E-state index in [1.54, 1.807) is 23.7 Å². The first kappa shape index (κ1) is 17.0. The highest BCUT2D eigenvalue weighted by molar-refractivity contribution is 6.02. The standard InChI is InChI=1S/C21H23N3O/c1-5-24-20(21(25)23(3)4)19(15(2)22-24)18-14-10-9-13-17(18)16-11-7-6-8-12-16/h6-14H,5H2,1-4H3. The number of aryl methyl sites for hydroxylation is 2. The van der Waals surface area contributed by atoms with Gasteiger partial charge in [-0.25, -0.2) is 0 Å². The first-order valence-electron chi connectivity index (χ1n) is 8.48. The molecule has 25 heavy (non-hydrogen) atoms. The van der Waals surface area contributed by atoms with Crippen LogP contribution in [-0.2, 0) is 6.54 Å². The van der Waals surface area contributed by atoms with Gasteiger partial charge in [-0.2, -0.15) is 5.10 Å². The zero-order chi connectivity index (χ0) is 18.0. The Kier molecular flexibility index (Phi) is 4.70. The van der Waals surface area contributed by atoms with Crippen LogP contribution in [0.1, 0.15) is 23.1 Å². The summed E-state index contributed by atoms with van der Waals surface area (Å²) in [5.74, 6) is -0.0275. The van der Waals surface area contributed by atoms with Crippen LogP contribution in [0.25, 0.3) is 22.3 Å². The molecule has 0 N–H and O–H groups in total. The maximum absolute atomic E-state index is 12.8. The van der Waals surface area contributed by atoms with E-state index in [1.807, 2.05) is 44.2 Å². The molecule has 4 heteroatoms. The van der Waals surface area contributed by atoms with Crippen LogP contribution in [0.15, 0.2) is 54.6 Å². The van der Waals surface area contributed by atoms with Crippen LogP contribution in [0.2, 0.25) is 0 Å². The summed E-state index contributed by atoms with van der Waals surface area (Å²) in [6.45, 7) is 4.63. The van der Waals surface area contributed by atoms with E-state index in [-0.39, 0.29) is 5.91 Å². The molecule has 2 aromatic carbocycles. The van der Waals surface area contributed by atoms with Gasteiger partial charge in [0.25, 0.3) is 5.91 Å². The summed E-state index contributed by atoms with van der Waals surface area (Å²) in [6, 6.07) is 18.4. The Balaban J connectivity index is 2.29. The maximum atomic E-state index is 12.8. The van der Waals surface area contributed by atoms with Crippen molar-refractivity contribution in [2.75, 3.05) is 14.1 Å². The zero-order valence-corrected chi connectivity index (χ0v) is 15.2. The smallest absolute Gasteiger partial charge is 0.272 e. The Hall–Kier alpha value is -2.88. The third kappa shape index (κ3) is 3.07. The Bertz CT molecular complexity index is 895. The molecule has 128 valence electrons. The van der Waals surface area contributed by atoms with Gasteiger partial charge in [0.2, 0.25) is 0 Å². The number of carbonyl (C=O) groups is 1. The van der Waals surface area contributed by atoms with Crippen molar-refractivity contribution in [1.82, 2.24) is 14.7 Å². The molecule has 0 aliphatic heterocycles. The van der Waals surface area contributed by atoms with Gasteiger partial charge < -0.3 is 4.90 Å². The zero-order valence-electron chi connectivity index (χ0n) is 15.2. The minimum Gasteiger partial charge on any atom is -0.343 e. The number of hydrogen-bond acceptors (Lipinski definition) is 2. The summed E-state index contributed by atoms with van der Waals surface area (Å²) in [7, 11) is 3.55. The average Bonchev–Trinajstić information content (AvgIpc) is 2.97. The molecule has 1 aromatic heterocycles. The van der Waals surface area contributed by atoms with Gasteiger partial charge in [0.15, 0.2) is 0 Å². The fraction of sp³-hybridized carbons (Fsp3) is 0.238. The summed E-state index contributed by atoms with van der Waals surface area (Å²) in [5.41, 5.74) is 5.71. The molecule has 4 nitrogen and oxygen atoms in total. The molecule has 0 saturated carbocycles. The molecule has 0 saturated heterocycles. The van der Waals surface area contributed by atoms with Gasteiger partial charge in [0.1, 0.15) is 5.69 Å². The van der Waals surface area contributed by atoms with Crippen molar-refractivity contribution in [2.24, 2.45) is 0 Å². The molecule has 0 fully saturated rings. The SMILES string of the molecule is CCn1nc(C)c(-c2ccccc2-c2ccccc2)c1C(=O)N(C)C. The largest absolute Gasteiger partial charge is 0.343 e. The molecule has 0 aliphatic rings. The second-order valence-electron chi connectivity index (χ2n) is 6.24. The van der Waals surface area contributed by atoms with Gasteiger partial charge in [-0.15, -0.1) is 0 Å². The fourth-order valence-electron chi connectivity index (χ4n) is 3.13. The molecule has 1 heterocycles. The van der Waals surface area contributed by atoms with E-state index < -0.39 is 0 Å². The number of benzene rings is 2. The number of rotatable bonds is 4. The first-order chi connectivity index (χ1) is 12.0. The van der Waals surface area contributed by atoms with Crippen LogP contribution in [0, 0.1) is 6.92 Å². The summed E-state index contributed by atoms with van der Waals surface area (Å²) < 4.78 is 1.80. The van der Waals surface area contributed by atoms with Gasteiger partial charge in [-0.3, -0.25) is 9.48 Å². The van der Waals surface area contributed by atoms with Crippen LogP contribution in [0.4, 0.5) is 0 Å². The molecule has 0 radical (unpaired) electrons. The lowest BCUT2D eigenvalue weighted by molar-refractivity contribution is 0.0816. The Morgan fingerprint density at radius 2 is 1.60 bits per heavy atom. The summed E-state index contributed by atoms with van der Waals surface area (Å²) in [4.78, 5) is 14.5. The number of amides is 1. The minimum atomic E-state index is -0.0275. The third-order valence-corrected chi connectivity index (χ3v) is 4.32. The summed E-state index contributed by atoms with van der Waals surface area (Å²) >= 11 is 0. The van der Waals surface area contributed by atoms with Crippen molar-refractivity contribution in [2.45, 2.75) is 20.4 Å². The number of hydrogen-bond donors (Lipinski definition) is 0. The van der Waals surface area contributed by atoms with E-state index in [4.69, 9.17) is 0 Å². The summed E-state index contributed by atoms with van der Waals surface area (Å²) in [6.07, 6.45) is 0. The third-order valence-electron chi connectivity index (χ3n) is 4.32. The van der Waals surface area contributed by atoms with Gasteiger partial charge in [0.05, 0.1) is 5.69 Å². The Labute approximate surface area is 148 Å². The second kappa shape index (κ2) is 6.93. The van der Waals surface area contributed by atoms with Crippen LogP contribution in [0.5, 0.6) is 0 Å². The van der Waals surface area contributed by atoms with Gasteiger partial charge in [0, 0.05) is 26.2 Å². The monoisotopic (exact) mass is 333 g/mol. The highest BCUT2D eigenvalue weighted by Crippen LogP contribution is 2.36. The lowest BCUT2D eigenvalue weighted by Crippen LogP contribution is -2.25. The topological polar surface area (TPSA) is 38.1 Å². The molecular formula is C21H23N3O. The van der Waals surface area contributed by atoms with Crippen molar-refractivity contribution < 1.29 is 4.79 Å². The highest BCUT2D eigenvalue weighted by Gasteiger charge is 2.25. The van der Waals surface area contributed by atoms with E-state index in [9.17, 15) is 4.79 Å². The lowest BCUT2D eigenvalue weighted by Gasteiger charge is -2.15. The van der Waals surface area contributed by atoms with Crippen LogP contribution in [-0.4, -0.2) is 34.7 Å². The second-order valence-corrected chi connectivity index (χ2v) is 6.24. The van der Waals surface area contributed by atoms with E-state index >= 15 is 0 Å². The number of aromatic nitrogens is 2. The minimum absolute atomic E-state index is 0.0275. The molecule has 0 unspecified atom stereocenters. The van der Waals surface area contributed by atoms with Crippen molar-refractivity contribution in [3.05, 3.63) is 66.0 Å². The first-order valence-corrected chi connectivity index (χ1v) is 8.48. The Morgan fingerprint density at radius 1 is 1.00 bits per heavy atom. The Morgan fingerprint density at radius 3 is 2.20 bits per heavy atom. The van der Waals surface area contributed by atoms with Crippen LogP contribution >= 0.6 is 0 Å². The van der Waals surface area contributed by atoms with Gasteiger partial charge >= 0.3 is 0 Å². The molecule has 3 rings (SSSR count). The van der Waals surface area contributed by atoms with E-state index in [0.717, 1.165) is 27.9 Å². The predicted octanol–water partition coefficient (Wildman–Crippen LogP) is 4.25. The molecular weight excluding hydrogens is 310 g/mol. The number of nitrogens with zero attached hydrogens (tertiary/aromatic N) is 3. The molecule has 0 spiro atoms. The van der Waals surface area contributed by atoms with E-state index in [1.165, 1.54) is 0 Å². The fourth-order valence-corrected chi connectivity index (χ4v) is 3.13. The average molecular weight is 333 g/mol. The van der Waals surface area contributed by atoms with Crippen LogP contribution in [0.3, 0.4) is 0 Å². The van der Waals surface area contributed by atoms with Crippen molar-refractivity contribution in [3.63, 3.8) is 0 Å². The lowest BCUT2D eigenvalue weighted by atomic mass is 9.93. The molecule has 0 bridgehead atoms. The van der Waals surface area contributed by atoms with Crippen molar-refractivity contribution in [1.29, 1.82) is 0 Å². The van der Waals surface area contributed by atoms with E-state index in [0.29, 0.717) is 12.2 Å².